The van der Waals surface area contributed by atoms with Crippen LogP contribution in [-0.4, -0.2) is 28.0 Å². The molecule has 0 radical (unpaired) electrons. The van der Waals surface area contributed by atoms with Crippen LogP contribution in [0, 0.1) is 0 Å². The topological polar surface area (TPSA) is 101 Å². The molecule has 4 rings (SSSR count). The van der Waals surface area contributed by atoms with Crippen molar-refractivity contribution in [3.63, 3.8) is 0 Å². The molecule has 1 saturated carbocycles. The lowest BCUT2D eigenvalue weighted by molar-refractivity contribution is 0.976. The zero-order valence-electron chi connectivity index (χ0n) is 13.8. The van der Waals surface area contributed by atoms with Crippen LogP contribution in [0.25, 0.3) is 11.4 Å². The van der Waals surface area contributed by atoms with Crippen LogP contribution < -0.4 is 21.7 Å². The van der Waals surface area contributed by atoms with Crippen molar-refractivity contribution < 1.29 is 0 Å². The lowest BCUT2D eigenvalue weighted by atomic mass is 10.2. The molecule has 1 aliphatic carbocycles. The highest BCUT2D eigenvalue weighted by Crippen LogP contribution is 2.33. The minimum Gasteiger partial charge on any atom is -0.394 e. The van der Waals surface area contributed by atoms with Crippen LogP contribution in [0.3, 0.4) is 0 Å². The molecule has 0 saturated heterocycles. The van der Waals surface area contributed by atoms with E-state index < -0.39 is 0 Å². The van der Waals surface area contributed by atoms with Gasteiger partial charge >= 0.3 is 0 Å². The largest absolute Gasteiger partial charge is 0.394 e. The van der Waals surface area contributed by atoms with Gasteiger partial charge in [0.05, 0.1) is 5.70 Å². The molecule has 1 aromatic carbocycles. The average molecular weight is 353 g/mol. The Morgan fingerprint density at radius 3 is 2.64 bits per heavy atom. The number of aromatic nitrogens is 3. The summed E-state index contributed by atoms with van der Waals surface area (Å²) >= 11 is 1.53. The standard InChI is InChI=1S/C17H19N7S/c1-19-16-22-14(23-17(24-16)20-11-7-8-11)13(18)15-21-12(9-25-15)10-5-3-2-4-6-10/h2-6,9,11,21H,7-8,18H2,1H3,(H2,19,20,22,23,24)/b15-13+. The molecular formula is C17H19N7S. The molecule has 2 aliphatic rings. The summed E-state index contributed by atoms with van der Waals surface area (Å²) < 4.78 is 0. The molecular weight excluding hydrogens is 334 g/mol. The number of hydrogen-bond donors (Lipinski definition) is 4. The van der Waals surface area contributed by atoms with Crippen LogP contribution in [0.15, 0.2) is 40.8 Å². The van der Waals surface area contributed by atoms with Crippen molar-refractivity contribution in [1.82, 2.24) is 20.3 Å². The fourth-order valence-electron chi connectivity index (χ4n) is 2.37. The normalized spacial score (nSPS) is 18.4. The fourth-order valence-corrected chi connectivity index (χ4v) is 3.19. The maximum Gasteiger partial charge on any atom is 0.228 e. The van der Waals surface area contributed by atoms with Crippen molar-refractivity contribution in [2.75, 3.05) is 17.7 Å². The van der Waals surface area contributed by atoms with Gasteiger partial charge in [0.2, 0.25) is 11.9 Å². The number of nitrogens with two attached hydrogens (primary N) is 1. The van der Waals surface area contributed by atoms with Crippen molar-refractivity contribution in [2.45, 2.75) is 18.9 Å². The second kappa shape index (κ2) is 6.64. The highest BCUT2D eigenvalue weighted by atomic mass is 32.2. The number of rotatable bonds is 5. The van der Waals surface area contributed by atoms with E-state index in [1.807, 2.05) is 23.6 Å². The van der Waals surface area contributed by atoms with Gasteiger partial charge in [-0.15, -0.1) is 0 Å². The molecule has 128 valence electrons. The van der Waals surface area contributed by atoms with E-state index in [1.54, 1.807) is 7.05 Å². The molecule has 5 N–H and O–H groups in total. The van der Waals surface area contributed by atoms with E-state index in [4.69, 9.17) is 5.73 Å². The first-order valence-corrected chi connectivity index (χ1v) is 9.00. The minimum absolute atomic E-state index is 0.458. The maximum absolute atomic E-state index is 6.33. The van der Waals surface area contributed by atoms with Gasteiger partial charge in [-0.05, 0) is 18.4 Å². The van der Waals surface area contributed by atoms with E-state index in [9.17, 15) is 0 Å². The van der Waals surface area contributed by atoms with Crippen molar-refractivity contribution in [1.29, 1.82) is 0 Å². The molecule has 2 heterocycles. The molecule has 2 aromatic rings. The van der Waals surface area contributed by atoms with Crippen LogP contribution >= 0.6 is 11.8 Å². The minimum atomic E-state index is 0.458. The van der Waals surface area contributed by atoms with Crippen molar-refractivity contribution in [2.24, 2.45) is 5.73 Å². The van der Waals surface area contributed by atoms with E-state index in [1.165, 1.54) is 11.8 Å². The van der Waals surface area contributed by atoms with Gasteiger partial charge < -0.3 is 21.7 Å². The van der Waals surface area contributed by atoms with Gasteiger partial charge in [-0.3, -0.25) is 0 Å². The Hall–Kier alpha value is -2.74. The number of anilines is 2. The highest BCUT2D eigenvalue weighted by molar-refractivity contribution is 8.06. The van der Waals surface area contributed by atoms with Gasteiger partial charge in [-0.2, -0.15) is 15.0 Å². The summed E-state index contributed by atoms with van der Waals surface area (Å²) in [6.45, 7) is 0. The molecule has 0 spiro atoms. The van der Waals surface area contributed by atoms with Crippen molar-refractivity contribution in [3.8, 4) is 0 Å². The zero-order valence-corrected chi connectivity index (χ0v) is 14.6. The quantitative estimate of drug-likeness (QED) is 0.650. The lowest BCUT2D eigenvalue weighted by Crippen LogP contribution is -2.16. The molecule has 7 nitrogen and oxygen atoms in total. The monoisotopic (exact) mass is 353 g/mol. The summed E-state index contributed by atoms with van der Waals surface area (Å²) in [5.74, 6) is 1.51. The third-order valence-corrected chi connectivity index (χ3v) is 4.79. The van der Waals surface area contributed by atoms with Crippen LogP contribution in [0.5, 0.6) is 0 Å². The van der Waals surface area contributed by atoms with Gasteiger partial charge in [-0.1, -0.05) is 42.1 Å². The molecule has 0 bridgehead atoms. The molecule has 1 aromatic heterocycles. The molecule has 0 amide bonds. The van der Waals surface area contributed by atoms with Gasteiger partial charge in [0.15, 0.2) is 5.82 Å². The summed E-state index contributed by atoms with van der Waals surface area (Å²) in [5.41, 5.74) is 8.97. The van der Waals surface area contributed by atoms with Crippen molar-refractivity contribution >= 4 is 35.1 Å². The number of nitrogens with zero attached hydrogens (tertiary/aromatic N) is 3. The Morgan fingerprint density at radius 1 is 1.16 bits per heavy atom. The average Bonchev–Trinajstić information content (AvgIpc) is 3.33. The first-order valence-electron chi connectivity index (χ1n) is 8.12. The van der Waals surface area contributed by atoms with Crippen LogP contribution in [-0.2, 0) is 0 Å². The number of benzene rings is 1. The molecule has 1 aliphatic heterocycles. The number of nitrogens with one attached hydrogen (secondary N) is 3. The van der Waals surface area contributed by atoms with Crippen LogP contribution in [0.1, 0.15) is 24.2 Å². The van der Waals surface area contributed by atoms with E-state index in [0.29, 0.717) is 29.5 Å². The van der Waals surface area contributed by atoms with E-state index in [-0.39, 0.29) is 0 Å². The van der Waals surface area contributed by atoms with Gasteiger partial charge in [0.1, 0.15) is 10.7 Å². The van der Waals surface area contributed by atoms with E-state index >= 15 is 0 Å². The van der Waals surface area contributed by atoms with E-state index in [2.05, 4.69) is 43.0 Å². The van der Waals surface area contributed by atoms with Crippen molar-refractivity contribution in [3.05, 3.63) is 52.2 Å². The SMILES string of the molecule is CNc1nc(NC2CC2)nc(/C(N)=C2/NC(c3ccccc3)=CS2)n1. The Labute approximate surface area is 150 Å². The van der Waals surface area contributed by atoms with E-state index in [0.717, 1.165) is 29.1 Å². The summed E-state index contributed by atoms with van der Waals surface area (Å²) in [4.78, 5) is 13.2. The van der Waals surface area contributed by atoms with Gasteiger partial charge in [0, 0.05) is 18.5 Å². The summed E-state index contributed by atoms with van der Waals surface area (Å²) in [7, 11) is 1.78. The first-order chi connectivity index (χ1) is 12.2. The lowest BCUT2D eigenvalue weighted by Gasteiger charge is -2.11. The zero-order chi connectivity index (χ0) is 17.2. The molecule has 1 fully saturated rings. The molecule has 0 unspecified atom stereocenters. The maximum atomic E-state index is 6.33. The second-order valence-electron chi connectivity index (χ2n) is 5.86. The molecule has 0 atom stereocenters. The van der Waals surface area contributed by atoms with Gasteiger partial charge in [-0.25, -0.2) is 0 Å². The number of thioether (sulfide) groups is 1. The highest BCUT2D eigenvalue weighted by Gasteiger charge is 2.23. The third kappa shape index (κ3) is 3.53. The predicted octanol–water partition coefficient (Wildman–Crippen LogP) is 2.41. The summed E-state index contributed by atoms with van der Waals surface area (Å²) in [6.07, 6.45) is 2.29. The fraction of sp³-hybridized carbons (Fsp3) is 0.235. The molecule has 25 heavy (non-hydrogen) atoms. The van der Waals surface area contributed by atoms with Gasteiger partial charge in [0.25, 0.3) is 0 Å². The number of hydrogen-bond acceptors (Lipinski definition) is 8. The Balaban J connectivity index is 1.60. The summed E-state index contributed by atoms with van der Waals surface area (Å²) in [6, 6.07) is 10.6. The Bertz CT molecular complexity index is 843. The predicted molar refractivity (Wildman–Crippen MR) is 102 cm³/mol. The smallest absolute Gasteiger partial charge is 0.228 e. The summed E-state index contributed by atoms with van der Waals surface area (Å²) in [5, 5.41) is 12.5. The Kier molecular flexibility index (Phi) is 4.19. The van der Waals surface area contributed by atoms with Crippen LogP contribution in [0.4, 0.5) is 11.9 Å². The third-order valence-electron chi connectivity index (χ3n) is 3.88. The van der Waals surface area contributed by atoms with Crippen LogP contribution in [0.2, 0.25) is 0 Å². The first kappa shape index (κ1) is 15.8. The second-order valence-corrected chi connectivity index (χ2v) is 6.74. The molecule has 8 heteroatoms. The Morgan fingerprint density at radius 2 is 1.92 bits per heavy atom.